The van der Waals surface area contributed by atoms with E-state index in [1.54, 1.807) is 0 Å². The normalized spacial score (nSPS) is 16.8. The van der Waals surface area contributed by atoms with Crippen molar-refractivity contribution in [2.75, 3.05) is 0 Å². The van der Waals surface area contributed by atoms with E-state index in [2.05, 4.69) is 0 Å². The van der Waals surface area contributed by atoms with Gasteiger partial charge in [-0.25, -0.2) is 9.59 Å². The Morgan fingerprint density at radius 2 is 1.49 bits per heavy atom. The van der Waals surface area contributed by atoms with Gasteiger partial charge in [0.1, 0.15) is 12.0 Å². The highest BCUT2D eigenvalue weighted by molar-refractivity contribution is 5.91. The molecule has 12 nitrogen and oxygen atoms in total. The SMILES string of the molecule is O=C(/C=C/c1ccc(O)c2c1[C@H](C(=O)O)C(c1ccc(O)c(O)c1)O2)O[C@H](Cc1ccc(O)c(O)c1)C(=O)O. The first-order chi connectivity index (χ1) is 18.5. The summed E-state index contributed by atoms with van der Waals surface area (Å²) in [7, 11) is 0. The molecule has 3 aromatic carbocycles. The summed E-state index contributed by atoms with van der Waals surface area (Å²) < 4.78 is 10.8. The van der Waals surface area contributed by atoms with Gasteiger partial charge in [-0.2, -0.15) is 0 Å². The van der Waals surface area contributed by atoms with E-state index in [0.29, 0.717) is 0 Å². The maximum absolute atomic E-state index is 12.5. The second kappa shape index (κ2) is 10.5. The number of carbonyl (C=O) groups is 3. The average molecular weight is 538 g/mol. The minimum atomic E-state index is -1.64. The molecule has 0 fully saturated rings. The highest BCUT2D eigenvalue weighted by Crippen LogP contribution is 2.52. The van der Waals surface area contributed by atoms with Crippen molar-refractivity contribution in [3.05, 3.63) is 76.9 Å². The Kier molecular flexibility index (Phi) is 7.20. The highest BCUT2D eigenvalue weighted by Gasteiger charge is 2.43. The maximum atomic E-state index is 12.5. The van der Waals surface area contributed by atoms with Crippen LogP contribution in [0.3, 0.4) is 0 Å². The molecule has 202 valence electrons. The summed E-state index contributed by atoms with van der Waals surface area (Å²) in [5, 5.41) is 68.2. The fourth-order valence-electron chi connectivity index (χ4n) is 4.20. The zero-order valence-corrected chi connectivity index (χ0v) is 19.9. The van der Waals surface area contributed by atoms with Crippen LogP contribution in [0.1, 0.15) is 34.3 Å². The molecular weight excluding hydrogens is 516 g/mol. The largest absolute Gasteiger partial charge is 0.504 e. The quantitative estimate of drug-likeness (QED) is 0.125. The van der Waals surface area contributed by atoms with Gasteiger partial charge in [0, 0.05) is 18.1 Å². The number of ether oxygens (including phenoxy) is 2. The first-order valence-corrected chi connectivity index (χ1v) is 11.4. The van der Waals surface area contributed by atoms with Crippen LogP contribution in [0.5, 0.6) is 34.5 Å². The Balaban J connectivity index is 1.59. The van der Waals surface area contributed by atoms with Crippen molar-refractivity contribution in [2.45, 2.75) is 24.5 Å². The number of fused-ring (bicyclic) bond motifs is 1. The molecule has 0 spiro atoms. The molecule has 1 unspecified atom stereocenters. The lowest BCUT2D eigenvalue weighted by molar-refractivity contribution is -0.160. The standard InChI is InChI=1S/C27H22O12/c28-15-5-1-12(9-18(15)31)10-20(26(34)35)38-21(33)8-4-13-2-7-17(30)25-22(13)23(27(36)37)24(39-25)14-3-6-16(29)19(32)11-14/h1-9,11,20,23-24,28-32H,10H2,(H,34,35)(H,36,37)/b8-4+/t20-,23+,24?/m1/s1. The minimum Gasteiger partial charge on any atom is -0.504 e. The minimum absolute atomic E-state index is 0.0264. The third kappa shape index (κ3) is 5.49. The molecule has 12 heteroatoms. The number of benzene rings is 3. The van der Waals surface area contributed by atoms with Crippen molar-refractivity contribution < 1.29 is 59.6 Å². The summed E-state index contributed by atoms with van der Waals surface area (Å²) in [5.41, 5.74) is 0.664. The van der Waals surface area contributed by atoms with Gasteiger partial charge in [-0.15, -0.1) is 0 Å². The number of esters is 1. The molecule has 1 heterocycles. The molecule has 3 atom stereocenters. The number of phenolic OH excluding ortho intramolecular Hbond substituents is 5. The van der Waals surface area contributed by atoms with Crippen LogP contribution in [0.4, 0.5) is 0 Å². The van der Waals surface area contributed by atoms with E-state index in [-0.39, 0.29) is 40.2 Å². The van der Waals surface area contributed by atoms with Crippen LogP contribution >= 0.6 is 0 Å². The number of phenols is 5. The number of hydrogen-bond acceptors (Lipinski definition) is 10. The Labute approximate surface area is 219 Å². The van der Waals surface area contributed by atoms with E-state index in [1.165, 1.54) is 30.3 Å². The van der Waals surface area contributed by atoms with E-state index >= 15 is 0 Å². The van der Waals surface area contributed by atoms with Crippen LogP contribution in [0.25, 0.3) is 6.08 Å². The number of hydrogen-bond donors (Lipinski definition) is 7. The van der Waals surface area contributed by atoms with Crippen molar-refractivity contribution in [2.24, 2.45) is 0 Å². The predicted octanol–water partition coefficient (Wildman–Crippen LogP) is 2.77. The second-order valence-corrected chi connectivity index (χ2v) is 8.64. The van der Waals surface area contributed by atoms with Gasteiger partial charge in [0.05, 0.1) is 0 Å². The van der Waals surface area contributed by atoms with E-state index in [9.17, 15) is 50.1 Å². The molecule has 0 aromatic heterocycles. The summed E-state index contributed by atoms with van der Waals surface area (Å²) in [4.78, 5) is 36.4. The van der Waals surface area contributed by atoms with Crippen molar-refractivity contribution in [3.8, 4) is 34.5 Å². The fourth-order valence-corrected chi connectivity index (χ4v) is 4.20. The molecule has 0 radical (unpaired) electrons. The van der Waals surface area contributed by atoms with Crippen molar-refractivity contribution in [1.29, 1.82) is 0 Å². The molecule has 0 bridgehead atoms. The summed E-state index contributed by atoms with van der Waals surface area (Å²) in [5.74, 6) is -7.59. The Morgan fingerprint density at radius 3 is 2.10 bits per heavy atom. The second-order valence-electron chi connectivity index (χ2n) is 8.64. The molecule has 4 rings (SSSR count). The van der Waals surface area contributed by atoms with E-state index in [4.69, 9.17) is 9.47 Å². The topological polar surface area (TPSA) is 211 Å². The summed E-state index contributed by atoms with van der Waals surface area (Å²) in [6, 6.07) is 9.83. The van der Waals surface area contributed by atoms with Gasteiger partial charge in [0.15, 0.2) is 34.5 Å². The van der Waals surface area contributed by atoms with Gasteiger partial charge in [-0.3, -0.25) is 4.79 Å². The first kappa shape index (κ1) is 26.7. The lowest BCUT2D eigenvalue weighted by atomic mass is 9.88. The van der Waals surface area contributed by atoms with Crippen molar-refractivity contribution in [1.82, 2.24) is 0 Å². The van der Waals surface area contributed by atoms with Gasteiger partial charge in [-0.05, 0) is 53.1 Å². The summed E-state index contributed by atoms with van der Waals surface area (Å²) in [6.07, 6.45) is -1.09. The molecule has 1 aliphatic heterocycles. The number of rotatable bonds is 8. The fraction of sp³-hybridized carbons (Fsp3) is 0.148. The van der Waals surface area contributed by atoms with Gasteiger partial charge in [-0.1, -0.05) is 18.2 Å². The van der Waals surface area contributed by atoms with Gasteiger partial charge >= 0.3 is 17.9 Å². The number of carboxylic acids is 2. The lowest BCUT2D eigenvalue weighted by Crippen LogP contribution is -2.28. The Bertz CT molecular complexity index is 1490. The molecular formula is C27H22O12. The number of aliphatic carboxylic acids is 2. The van der Waals surface area contributed by atoms with E-state index in [0.717, 1.165) is 30.3 Å². The molecule has 0 saturated heterocycles. The summed E-state index contributed by atoms with van der Waals surface area (Å²) in [6.45, 7) is 0. The lowest BCUT2D eigenvalue weighted by Gasteiger charge is -2.17. The van der Waals surface area contributed by atoms with Crippen LogP contribution in [-0.2, 0) is 25.5 Å². The predicted molar refractivity (Wildman–Crippen MR) is 132 cm³/mol. The zero-order chi connectivity index (χ0) is 28.4. The van der Waals surface area contributed by atoms with Gasteiger partial charge in [0.25, 0.3) is 0 Å². The molecule has 7 N–H and O–H groups in total. The van der Waals surface area contributed by atoms with Crippen LogP contribution in [0, 0.1) is 0 Å². The van der Waals surface area contributed by atoms with E-state index < -0.39 is 59.0 Å². The third-order valence-electron chi connectivity index (χ3n) is 6.06. The van der Waals surface area contributed by atoms with Crippen molar-refractivity contribution >= 4 is 24.0 Å². The highest BCUT2D eigenvalue weighted by atomic mass is 16.6. The van der Waals surface area contributed by atoms with Crippen molar-refractivity contribution in [3.63, 3.8) is 0 Å². The molecule has 0 amide bonds. The molecule has 0 saturated carbocycles. The average Bonchev–Trinajstić information content (AvgIpc) is 3.29. The van der Waals surface area contributed by atoms with Gasteiger partial charge in [0.2, 0.25) is 6.10 Å². The van der Waals surface area contributed by atoms with Crippen LogP contribution in [0.15, 0.2) is 54.6 Å². The van der Waals surface area contributed by atoms with E-state index in [1.807, 2.05) is 0 Å². The zero-order valence-electron chi connectivity index (χ0n) is 19.9. The molecule has 3 aromatic rings. The Morgan fingerprint density at radius 1 is 0.846 bits per heavy atom. The number of aromatic hydroxyl groups is 5. The molecule has 1 aliphatic rings. The smallest absolute Gasteiger partial charge is 0.345 e. The van der Waals surface area contributed by atoms with Crippen LogP contribution in [0.2, 0.25) is 0 Å². The maximum Gasteiger partial charge on any atom is 0.345 e. The third-order valence-corrected chi connectivity index (χ3v) is 6.06. The van der Waals surface area contributed by atoms with Crippen LogP contribution in [-0.4, -0.2) is 59.8 Å². The van der Waals surface area contributed by atoms with Crippen LogP contribution < -0.4 is 4.74 Å². The number of carboxylic acid groups (broad SMARTS) is 2. The molecule has 0 aliphatic carbocycles. The summed E-state index contributed by atoms with van der Waals surface area (Å²) >= 11 is 0. The monoisotopic (exact) mass is 538 g/mol. The van der Waals surface area contributed by atoms with Gasteiger partial charge < -0.3 is 45.2 Å². The molecule has 39 heavy (non-hydrogen) atoms. The Hall–Kier alpha value is -5.39. The first-order valence-electron chi connectivity index (χ1n) is 11.4. The number of carbonyl (C=O) groups excluding carboxylic acids is 1.